The van der Waals surface area contributed by atoms with Gasteiger partial charge in [0.2, 0.25) is 11.8 Å². The lowest BCUT2D eigenvalue weighted by atomic mass is 10.1. The van der Waals surface area contributed by atoms with E-state index in [0.29, 0.717) is 24.5 Å². The average Bonchev–Trinajstić information content (AvgIpc) is 2.93. The van der Waals surface area contributed by atoms with Gasteiger partial charge in [-0.2, -0.15) is 0 Å². The van der Waals surface area contributed by atoms with Crippen molar-refractivity contribution in [3.8, 4) is 0 Å². The fourth-order valence-corrected chi connectivity index (χ4v) is 3.22. The van der Waals surface area contributed by atoms with E-state index in [9.17, 15) is 9.59 Å². The summed E-state index contributed by atoms with van der Waals surface area (Å²) >= 11 is 5.98. The Bertz CT molecular complexity index is 751. The van der Waals surface area contributed by atoms with Crippen molar-refractivity contribution in [2.24, 2.45) is 0 Å². The third-order valence-corrected chi connectivity index (χ3v) is 4.46. The first-order valence-corrected chi connectivity index (χ1v) is 8.68. The smallest absolute Gasteiger partial charge is 0.224 e. The van der Waals surface area contributed by atoms with Crippen molar-refractivity contribution in [2.45, 2.75) is 25.3 Å². The monoisotopic (exact) mass is 357 g/mol. The molecule has 2 amide bonds. The first kappa shape index (κ1) is 17.4. The van der Waals surface area contributed by atoms with E-state index >= 15 is 0 Å². The maximum absolute atomic E-state index is 12.2. The molecule has 6 heteroatoms. The van der Waals surface area contributed by atoms with Crippen LogP contribution in [0.3, 0.4) is 0 Å². The number of hydrogen-bond acceptors (Lipinski definition) is 3. The number of nitrogens with one attached hydrogen (secondary N) is 1. The lowest BCUT2D eigenvalue weighted by molar-refractivity contribution is -0.127. The summed E-state index contributed by atoms with van der Waals surface area (Å²) in [6.07, 6.45) is 4.74. The van der Waals surface area contributed by atoms with E-state index in [-0.39, 0.29) is 24.3 Å². The molecule has 1 fully saturated rings. The fourth-order valence-electron chi connectivity index (χ4n) is 3.01. The quantitative estimate of drug-likeness (QED) is 0.862. The molecule has 1 aliphatic heterocycles. The highest BCUT2D eigenvalue weighted by atomic mass is 35.5. The van der Waals surface area contributed by atoms with Gasteiger partial charge in [-0.05, 0) is 35.7 Å². The molecular formula is C19H20ClN3O2. The van der Waals surface area contributed by atoms with Crippen molar-refractivity contribution >= 4 is 23.4 Å². The largest absolute Gasteiger partial charge is 0.351 e. The van der Waals surface area contributed by atoms with Gasteiger partial charge in [-0.25, -0.2) is 0 Å². The van der Waals surface area contributed by atoms with Gasteiger partial charge in [0.15, 0.2) is 0 Å². The second-order valence-electron chi connectivity index (χ2n) is 6.23. The van der Waals surface area contributed by atoms with Gasteiger partial charge in [-0.3, -0.25) is 14.6 Å². The van der Waals surface area contributed by atoms with Crippen LogP contribution in [0.1, 0.15) is 17.5 Å². The van der Waals surface area contributed by atoms with Crippen LogP contribution in [0.25, 0.3) is 0 Å². The third-order valence-electron chi connectivity index (χ3n) is 4.23. The van der Waals surface area contributed by atoms with Crippen LogP contribution >= 0.6 is 11.6 Å². The van der Waals surface area contributed by atoms with Crippen LogP contribution in [-0.2, 0) is 22.4 Å². The molecule has 0 saturated carbocycles. The summed E-state index contributed by atoms with van der Waals surface area (Å²) < 4.78 is 0. The van der Waals surface area contributed by atoms with Crippen molar-refractivity contribution in [1.82, 2.24) is 15.2 Å². The lowest BCUT2D eigenvalue weighted by Crippen LogP contribution is -2.38. The van der Waals surface area contributed by atoms with Crippen LogP contribution in [0.5, 0.6) is 0 Å². The molecule has 3 rings (SSSR count). The van der Waals surface area contributed by atoms with Gasteiger partial charge in [0.05, 0.1) is 12.5 Å². The number of rotatable bonds is 6. The summed E-state index contributed by atoms with van der Waals surface area (Å²) in [4.78, 5) is 30.1. The van der Waals surface area contributed by atoms with E-state index in [4.69, 9.17) is 11.6 Å². The third kappa shape index (κ3) is 5.03. The molecule has 2 aromatic rings. The molecular weight excluding hydrogens is 338 g/mol. The van der Waals surface area contributed by atoms with Crippen molar-refractivity contribution in [3.05, 3.63) is 64.9 Å². The molecule has 1 atom stereocenters. The molecule has 0 spiro atoms. The second-order valence-corrected chi connectivity index (χ2v) is 6.66. The second kappa shape index (κ2) is 8.12. The normalized spacial score (nSPS) is 16.9. The highest BCUT2D eigenvalue weighted by molar-refractivity contribution is 6.30. The van der Waals surface area contributed by atoms with E-state index in [0.717, 1.165) is 17.5 Å². The predicted molar refractivity (Wildman–Crippen MR) is 96.2 cm³/mol. The molecule has 1 aromatic heterocycles. The highest BCUT2D eigenvalue weighted by Gasteiger charge is 2.30. The molecule has 1 aliphatic rings. The molecule has 130 valence electrons. The number of carbonyl (C=O) groups is 2. The van der Waals surface area contributed by atoms with Gasteiger partial charge in [0.1, 0.15) is 0 Å². The van der Waals surface area contributed by atoms with Crippen LogP contribution in [0.15, 0.2) is 48.8 Å². The molecule has 1 N–H and O–H groups in total. The predicted octanol–water partition coefficient (Wildman–Crippen LogP) is 2.24. The van der Waals surface area contributed by atoms with Crippen LogP contribution in [0.4, 0.5) is 0 Å². The molecule has 1 saturated heterocycles. The van der Waals surface area contributed by atoms with E-state index < -0.39 is 0 Å². The Morgan fingerprint density at radius 1 is 1.28 bits per heavy atom. The number of likely N-dealkylation sites (tertiary alicyclic amines) is 1. The van der Waals surface area contributed by atoms with Gasteiger partial charge in [0, 0.05) is 36.9 Å². The number of amides is 2. The van der Waals surface area contributed by atoms with E-state index in [1.807, 2.05) is 30.3 Å². The summed E-state index contributed by atoms with van der Waals surface area (Å²) in [6, 6.07) is 11.2. The molecule has 0 bridgehead atoms. The summed E-state index contributed by atoms with van der Waals surface area (Å²) in [5.74, 6) is -0.00352. The zero-order chi connectivity index (χ0) is 17.6. The zero-order valence-corrected chi connectivity index (χ0v) is 14.6. The maximum atomic E-state index is 12.2. The molecule has 2 heterocycles. The minimum absolute atomic E-state index is 0.0775. The van der Waals surface area contributed by atoms with E-state index in [1.165, 1.54) is 0 Å². The molecule has 0 radical (unpaired) electrons. The average molecular weight is 358 g/mol. The molecule has 25 heavy (non-hydrogen) atoms. The number of carbonyl (C=O) groups excluding carboxylic acids is 2. The Hall–Kier alpha value is -2.40. The van der Waals surface area contributed by atoms with Crippen LogP contribution in [0, 0.1) is 0 Å². The van der Waals surface area contributed by atoms with Gasteiger partial charge in [-0.1, -0.05) is 29.8 Å². The molecule has 1 aromatic carbocycles. The SMILES string of the molecule is O=C(Cc1cccnc1)N[C@H]1CC(=O)N(CCc2cccc(Cl)c2)C1. The van der Waals surface area contributed by atoms with Crippen molar-refractivity contribution in [1.29, 1.82) is 0 Å². The van der Waals surface area contributed by atoms with E-state index in [1.54, 1.807) is 23.4 Å². The Kier molecular flexibility index (Phi) is 5.66. The van der Waals surface area contributed by atoms with Crippen molar-refractivity contribution in [2.75, 3.05) is 13.1 Å². The van der Waals surface area contributed by atoms with Gasteiger partial charge >= 0.3 is 0 Å². The molecule has 0 unspecified atom stereocenters. The maximum Gasteiger partial charge on any atom is 0.224 e. The standard InChI is InChI=1S/C19H20ClN3O2/c20-16-5-1-3-14(9-16)6-8-23-13-17(11-19(23)25)22-18(24)10-15-4-2-7-21-12-15/h1-5,7,9,12,17H,6,8,10-11,13H2,(H,22,24)/t17-/m0/s1. The zero-order valence-electron chi connectivity index (χ0n) is 13.8. The molecule has 5 nitrogen and oxygen atoms in total. The first-order chi connectivity index (χ1) is 12.1. The van der Waals surface area contributed by atoms with Gasteiger partial charge in [0.25, 0.3) is 0 Å². The number of hydrogen-bond donors (Lipinski definition) is 1. The topological polar surface area (TPSA) is 62.3 Å². The Morgan fingerprint density at radius 3 is 2.88 bits per heavy atom. The van der Waals surface area contributed by atoms with Crippen LogP contribution < -0.4 is 5.32 Å². The number of nitrogens with zero attached hydrogens (tertiary/aromatic N) is 2. The summed E-state index contributed by atoms with van der Waals surface area (Å²) in [6.45, 7) is 1.19. The minimum Gasteiger partial charge on any atom is -0.351 e. The number of halogens is 1. The van der Waals surface area contributed by atoms with Crippen LogP contribution in [-0.4, -0.2) is 40.8 Å². The van der Waals surface area contributed by atoms with E-state index in [2.05, 4.69) is 10.3 Å². The minimum atomic E-state index is -0.129. The lowest BCUT2D eigenvalue weighted by Gasteiger charge is -2.17. The van der Waals surface area contributed by atoms with Crippen LogP contribution in [0.2, 0.25) is 5.02 Å². The molecule has 0 aliphatic carbocycles. The summed E-state index contributed by atoms with van der Waals surface area (Å²) in [5.41, 5.74) is 1.96. The van der Waals surface area contributed by atoms with Gasteiger partial charge in [-0.15, -0.1) is 0 Å². The highest BCUT2D eigenvalue weighted by Crippen LogP contribution is 2.15. The summed E-state index contributed by atoms with van der Waals surface area (Å²) in [7, 11) is 0. The number of pyridine rings is 1. The Balaban J connectivity index is 1.47. The Labute approximate surface area is 152 Å². The van der Waals surface area contributed by atoms with Crippen molar-refractivity contribution in [3.63, 3.8) is 0 Å². The number of aromatic nitrogens is 1. The number of benzene rings is 1. The summed E-state index contributed by atoms with van der Waals surface area (Å²) in [5, 5.41) is 3.64. The van der Waals surface area contributed by atoms with Gasteiger partial charge < -0.3 is 10.2 Å². The first-order valence-electron chi connectivity index (χ1n) is 8.30. The fraction of sp³-hybridized carbons (Fsp3) is 0.316. The van der Waals surface area contributed by atoms with Crippen molar-refractivity contribution < 1.29 is 9.59 Å². The Morgan fingerprint density at radius 2 is 2.12 bits per heavy atom.